The highest BCUT2D eigenvalue weighted by Gasteiger charge is 2.29. The van der Waals surface area contributed by atoms with Gasteiger partial charge in [-0.25, -0.2) is 9.97 Å². The van der Waals surface area contributed by atoms with Crippen LogP contribution < -0.4 is 10.5 Å². The Kier molecular flexibility index (Phi) is 11.9. The van der Waals surface area contributed by atoms with Crippen molar-refractivity contribution in [2.45, 2.75) is 98.6 Å². The van der Waals surface area contributed by atoms with Gasteiger partial charge in [-0.05, 0) is 51.5 Å². The summed E-state index contributed by atoms with van der Waals surface area (Å²) in [6.45, 7) is 14.2. The first-order chi connectivity index (χ1) is 14.5. The molecule has 1 atom stereocenters. The maximum atomic E-state index is 12.5. The van der Waals surface area contributed by atoms with Crippen molar-refractivity contribution in [1.82, 2.24) is 9.97 Å². The molecule has 30 heavy (non-hydrogen) atoms. The fourth-order valence-corrected chi connectivity index (χ4v) is 4.69. The lowest BCUT2D eigenvalue weighted by Crippen LogP contribution is -2.31. The number of nitrogens with zero attached hydrogens (tertiary/aromatic N) is 2. The number of fused-ring (bicyclic) bond motifs is 1. The van der Waals surface area contributed by atoms with E-state index in [1.807, 2.05) is 48.5 Å². The van der Waals surface area contributed by atoms with Gasteiger partial charge >= 0.3 is 5.97 Å². The standard InChI is InChI=1S/C19H27N3O3S.2C2H6/c1-4-14(19(23)24-5-2)15-11(3)26-18-16(15)17(21-10-22-18)25-13-8-6-12(20)7-9-13;2*1-2/h10,12-14H,4-9,20H2,1-3H3;2*1-2H3. The van der Waals surface area contributed by atoms with E-state index in [0.717, 1.165) is 46.3 Å². The van der Waals surface area contributed by atoms with Crippen LogP contribution in [0.15, 0.2) is 6.33 Å². The molecule has 2 heterocycles. The molecule has 1 fully saturated rings. The minimum atomic E-state index is -0.322. The van der Waals surface area contributed by atoms with Crippen LogP contribution in [-0.2, 0) is 9.53 Å². The van der Waals surface area contributed by atoms with Crippen molar-refractivity contribution in [2.75, 3.05) is 6.61 Å². The number of ether oxygens (including phenoxy) is 2. The fraction of sp³-hybridized carbons (Fsp3) is 0.696. The molecule has 1 aliphatic carbocycles. The van der Waals surface area contributed by atoms with E-state index in [1.54, 1.807) is 11.3 Å². The summed E-state index contributed by atoms with van der Waals surface area (Å²) >= 11 is 1.58. The average Bonchev–Trinajstić information content (AvgIpc) is 3.10. The quantitative estimate of drug-likeness (QED) is 0.578. The number of aryl methyl sites for hydroxylation is 1. The second-order valence-electron chi connectivity index (χ2n) is 6.80. The third-order valence-electron chi connectivity index (χ3n) is 5.00. The first kappa shape index (κ1) is 26.3. The number of carbonyl (C=O) groups excluding carboxylic acids is 1. The molecule has 0 aliphatic heterocycles. The van der Waals surface area contributed by atoms with E-state index in [9.17, 15) is 4.79 Å². The molecule has 1 aliphatic rings. The molecule has 2 N–H and O–H groups in total. The van der Waals surface area contributed by atoms with Gasteiger partial charge in [0, 0.05) is 10.9 Å². The van der Waals surface area contributed by atoms with E-state index < -0.39 is 0 Å². The Balaban J connectivity index is 0.00000106. The molecule has 170 valence electrons. The summed E-state index contributed by atoms with van der Waals surface area (Å²) < 4.78 is 11.5. The lowest BCUT2D eigenvalue weighted by Gasteiger charge is -2.26. The number of nitrogens with two attached hydrogens (primary N) is 1. The van der Waals surface area contributed by atoms with Gasteiger partial charge in [0.1, 0.15) is 17.3 Å². The molecule has 7 heteroatoms. The first-order valence-corrected chi connectivity index (χ1v) is 12.2. The number of thiophene rings is 1. The van der Waals surface area contributed by atoms with E-state index in [0.29, 0.717) is 18.9 Å². The average molecular weight is 438 g/mol. The van der Waals surface area contributed by atoms with Crippen LogP contribution in [0, 0.1) is 6.92 Å². The van der Waals surface area contributed by atoms with Gasteiger partial charge in [0.15, 0.2) is 0 Å². The largest absolute Gasteiger partial charge is 0.474 e. The van der Waals surface area contributed by atoms with Crippen molar-refractivity contribution < 1.29 is 14.3 Å². The highest BCUT2D eigenvalue weighted by atomic mass is 32.1. The maximum Gasteiger partial charge on any atom is 0.313 e. The van der Waals surface area contributed by atoms with Crippen molar-refractivity contribution in [1.29, 1.82) is 0 Å². The zero-order valence-electron chi connectivity index (χ0n) is 19.7. The summed E-state index contributed by atoms with van der Waals surface area (Å²) in [6.07, 6.45) is 6.11. The van der Waals surface area contributed by atoms with Crippen molar-refractivity contribution in [3.8, 4) is 5.88 Å². The van der Waals surface area contributed by atoms with E-state index >= 15 is 0 Å². The van der Waals surface area contributed by atoms with Crippen LogP contribution in [0.4, 0.5) is 0 Å². The Bertz CT molecular complexity index is 770. The molecule has 2 aromatic heterocycles. The van der Waals surface area contributed by atoms with Crippen LogP contribution in [0.2, 0.25) is 0 Å². The number of aromatic nitrogens is 2. The molecule has 1 saturated carbocycles. The summed E-state index contributed by atoms with van der Waals surface area (Å²) in [5.74, 6) is 0.0608. The maximum absolute atomic E-state index is 12.5. The van der Waals surface area contributed by atoms with Crippen LogP contribution in [0.3, 0.4) is 0 Å². The monoisotopic (exact) mass is 437 g/mol. The lowest BCUT2D eigenvalue weighted by molar-refractivity contribution is -0.145. The van der Waals surface area contributed by atoms with Gasteiger partial charge in [0.05, 0.1) is 17.9 Å². The lowest BCUT2D eigenvalue weighted by atomic mass is 9.93. The first-order valence-electron chi connectivity index (χ1n) is 11.4. The molecule has 2 aromatic rings. The van der Waals surface area contributed by atoms with Gasteiger partial charge in [-0.15, -0.1) is 11.3 Å². The Morgan fingerprint density at radius 1 is 1.17 bits per heavy atom. The number of carbonyl (C=O) groups is 1. The molecule has 6 nitrogen and oxygen atoms in total. The SMILES string of the molecule is CC.CC.CCOC(=O)C(CC)c1c(C)sc2ncnc(OC3CCC(N)CC3)c12. The summed E-state index contributed by atoms with van der Waals surface area (Å²) in [5, 5.41) is 0.866. The summed E-state index contributed by atoms with van der Waals surface area (Å²) in [4.78, 5) is 23.2. The predicted octanol–water partition coefficient (Wildman–Crippen LogP) is 5.76. The molecular weight excluding hydrogens is 398 g/mol. The summed E-state index contributed by atoms with van der Waals surface area (Å²) in [5.41, 5.74) is 6.95. The normalized spacial score (nSPS) is 19.1. The summed E-state index contributed by atoms with van der Waals surface area (Å²) in [7, 11) is 0. The zero-order valence-corrected chi connectivity index (χ0v) is 20.5. The minimum absolute atomic E-state index is 0.114. The van der Waals surface area contributed by atoms with Crippen LogP contribution in [-0.4, -0.2) is 34.7 Å². The smallest absolute Gasteiger partial charge is 0.313 e. The van der Waals surface area contributed by atoms with Crippen molar-refractivity contribution in [3.05, 3.63) is 16.8 Å². The number of hydrogen-bond donors (Lipinski definition) is 1. The van der Waals surface area contributed by atoms with Crippen LogP contribution >= 0.6 is 11.3 Å². The molecule has 0 saturated heterocycles. The summed E-state index contributed by atoms with van der Waals surface area (Å²) in [6, 6.07) is 0.271. The molecular formula is C23H39N3O3S. The van der Waals surface area contributed by atoms with E-state index in [1.165, 1.54) is 6.33 Å². The molecule has 0 radical (unpaired) electrons. The minimum Gasteiger partial charge on any atom is -0.474 e. The van der Waals surface area contributed by atoms with Gasteiger partial charge < -0.3 is 15.2 Å². The Hall–Kier alpha value is -1.73. The zero-order chi connectivity index (χ0) is 22.7. The van der Waals surface area contributed by atoms with Crippen molar-refractivity contribution >= 4 is 27.5 Å². The second-order valence-corrected chi connectivity index (χ2v) is 8.00. The van der Waals surface area contributed by atoms with Gasteiger partial charge in [0.25, 0.3) is 0 Å². The Labute approximate surface area is 185 Å². The van der Waals surface area contributed by atoms with Crippen molar-refractivity contribution in [2.24, 2.45) is 5.73 Å². The highest BCUT2D eigenvalue weighted by Crippen LogP contribution is 2.41. The Morgan fingerprint density at radius 3 is 2.37 bits per heavy atom. The molecule has 0 amide bonds. The van der Waals surface area contributed by atoms with Crippen LogP contribution in [0.25, 0.3) is 10.2 Å². The third-order valence-corrected chi connectivity index (χ3v) is 6.03. The topological polar surface area (TPSA) is 87.3 Å². The number of rotatable bonds is 6. The third kappa shape index (κ3) is 6.38. The second kappa shape index (κ2) is 13.5. The fourth-order valence-electron chi connectivity index (χ4n) is 3.64. The highest BCUT2D eigenvalue weighted by molar-refractivity contribution is 7.18. The number of esters is 1. The van der Waals surface area contributed by atoms with Crippen molar-refractivity contribution in [3.63, 3.8) is 0 Å². The molecule has 0 aromatic carbocycles. The van der Waals surface area contributed by atoms with Gasteiger partial charge in [-0.2, -0.15) is 0 Å². The van der Waals surface area contributed by atoms with Gasteiger partial charge in [-0.3, -0.25) is 4.79 Å². The number of hydrogen-bond acceptors (Lipinski definition) is 7. The van der Waals surface area contributed by atoms with Crippen LogP contribution in [0.5, 0.6) is 5.88 Å². The molecule has 0 spiro atoms. The molecule has 1 unspecified atom stereocenters. The van der Waals surface area contributed by atoms with E-state index in [4.69, 9.17) is 15.2 Å². The van der Waals surface area contributed by atoms with Gasteiger partial charge in [-0.1, -0.05) is 34.6 Å². The molecule has 0 bridgehead atoms. The Morgan fingerprint density at radius 2 is 1.80 bits per heavy atom. The predicted molar refractivity (Wildman–Crippen MR) is 125 cm³/mol. The van der Waals surface area contributed by atoms with E-state index in [-0.39, 0.29) is 24.0 Å². The molecule has 3 rings (SSSR count). The van der Waals surface area contributed by atoms with Gasteiger partial charge in [0.2, 0.25) is 5.88 Å². The van der Waals surface area contributed by atoms with E-state index in [2.05, 4.69) is 9.97 Å². The van der Waals surface area contributed by atoms with Crippen LogP contribution in [0.1, 0.15) is 90.0 Å².